The van der Waals surface area contributed by atoms with Crippen molar-refractivity contribution >= 4 is 17.6 Å². The topological polar surface area (TPSA) is 79.9 Å². The number of carbonyl (C=O) groups is 2. The minimum absolute atomic E-state index is 0.00356. The molecule has 7 heteroatoms. The third-order valence-corrected chi connectivity index (χ3v) is 3.73. The smallest absolute Gasteiger partial charge is 0.315 e. The summed E-state index contributed by atoms with van der Waals surface area (Å²) >= 11 is 0. The van der Waals surface area contributed by atoms with Crippen LogP contribution in [0, 0.1) is 0 Å². The lowest BCUT2D eigenvalue weighted by molar-refractivity contribution is -0.117. The van der Waals surface area contributed by atoms with Crippen LogP contribution in [0.25, 0.3) is 0 Å². The predicted molar refractivity (Wildman–Crippen MR) is 91.4 cm³/mol. The van der Waals surface area contributed by atoms with Gasteiger partial charge in [0.05, 0.1) is 12.6 Å². The Morgan fingerprint density at radius 2 is 2.08 bits per heavy atom. The van der Waals surface area contributed by atoms with E-state index in [-0.39, 0.29) is 18.0 Å². The lowest BCUT2D eigenvalue weighted by Gasteiger charge is -2.18. The van der Waals surface area contributed by atoms with Crippen molar-refractivity contribution in [2.45, 2.75) is 25.8 Å². The molecule has 1 aromatic rings. The van der Waals surface area contributed by atoms with E-state index < -0.39 is 0 Å². The average Bonchev–Trinajstić information content (AvgIpc) is 2.93. The van der Waals surface area contributed by atoms with Gasteiger partial charge in [0.1, 0.15) is 5.75 Å². The quantitative estimate of drug-likeness (QED) is 0.706. The first-order valence-corrected chi connectivity index (χ1v) is 8.20. The Morgan fingerprint density at radius 1 is 1.33 bits per heavy atom. The van der Waals surface area contributed by atoms with Gasteiger partial charge in [0, 0.05) is 38.9 Å². The summed E-state index contributed by atoms with van der Waals surface area (Å²) in [6, 6.07) is 6.96. The number of urea groups is 1. The number of anilines is 1. The second-order valence-corrected chi connectivity index (χ2v) is 5.58. The molecule has 0 bridgehead atoms. The number of rotatable bonds is 8. The van der Waals surface area contributed by atoms with Gasteiger partial charge >= 0.3 is 6.03 Å². The molecule has 2 N–H and O–H groups in total. The Bertz CT molecular complexity index is 547. The van der Waals surface area contributed by atoms with Crippen molar-refractivity contribution in [1.82, 2.24) is 10.6 Å². The third kappa shape index (κ3) is 5.13. The maximum atomic E-state index is 12.2. The molecule has 1 heterocycles. The lowest BCUT2D eigenvalue weighted by atomic mass is 10.2. The minimum Gasteiger partial charge on any atom is -0.494 e. The number of amides is 3. The second-order valence-electron chi connectivity index (χ2n) is 5.58. The first-order chi connectivity index (χ1) is 11.6. The first-order valence-electron chi connectivity index (χ1n) is 8.20. The molecule has 0 saturated carbocycles. The highest BCUT2D eigenvalue weighted by Gasteiger charge is 2.31. The van der Waals surface area contributed by atoms with Crippen molar-refractivity contribution in [2.75, 3.05) is 38.3 Å². The zero-order valence-corrected chi connectivity index (χ0v) is 14.2. The summed E-state index contributed by atoms with van der Waals surface area (Å²) in [4.78, 5) is 25.7. The van der Waals surface area contributed by atoms with Crippen molar-refractivity contribution in [2.24, 2.45) is 0 Å². The van der Waals surface area contributed by atoms with Crippen LogP contribution in [0.4, 0.5) is 10.5 Å². The Kier molecular flexibility index (Phi) is 6.87. The zero-order chi connectivity index (χ0) is 17.4. The number of carbonyl (C=O) groups excluding carboxylic acids is 2. The molecule has 0 aliphatic carbocycles. The van der Waals surface area contributed by atoms with Crippen LogP contribution in [0.1, 0.15) is 19.8 Å². The van der Waals surface area contributed by atoms with Crippen molar-refractivity contribution in [3.63, 3.8) is 0 Å². The molecule has 0 radical (unpaired) electrons. The summed E-state index contributed by atoms with van der Waals surface area (Å²) in [5.74, 6) is 0.779. The molecule has 1 aliphatic heterocycles. The SMILES string of the molecule is CCOc1ccc(N2C[C@H](NC(=O)NCCCOC)CC2=O)cc1. The number of nitrogens with zero attached hydrogens (tertiary/aromatic N) is 1. The Hall–Kier alpha value is -2.28. The van der Waals surface area contributed by atoms with Gasteiger partial charge < -0.3 is 25.0 Å². The van der Waals surface area contributed by atoms with Crippen LogP contribution >= 0.6 is 0 Å². The van der Waals surface area contributed by atoms with E-state index in [4.69, 9.17) is 9.47 Å². The number of methoxy groups -OCH3 is 1. The van der Waals surface area contributed by atoms with Crippen LogP contribution in [0.2, 0.25) is 0 Å². The van der Waals surface area contributed by atoms with Crippen LogP contribution < -0.4 is 20.3 Å². The molecule has 2 rings (SSSR count). The average molecular weight is 335 g/mol. The Balaban J connectivity index is 1.83. The van der Waals surface area contributed by atoms with E-state index in [1.54, 1.807) is 12.0 Å². The van der Waals surface area contributed by atoms with Gasteiger partial charge in [-0.1, -0.05) is 0 Å². The lowest BCUT2D eigenvalue weighted by Crippen LogP contribution is -2.43. The fourth-order valence-corrected chi connectivity index (χ4v) is 2.60. The second kappa shape index (κ2) is 9.12. The molecule has 1 fully saturated rings. The van der Waals surface area contributed by atoms with Gasteiger partial charge in [-0.25, -0.2) is 4.79 Å². The molecule has 1 atom stereocenters. The molecule has 1 aromatic carbocycles. The molecule has 0 aromatic heterocycles. The molecule has 3 amide bonds. The van der Waals surface area contributed by atoms with E-state index in [1.165, 1.54) is 0 Å². The van der Waals surface area contributed by atoms with Gasteiger partial charge in [-0.05, 0) is 37.6 Å². The van der Waals surface area contributed by atoms with Crippen LogP contribution in [0.3, 0.4) is 0 Å². The van der Waals surface area contributed by atoms with E-state index in [2.05, 4.69) is 10.6 Å². The van der Waals surface area contributed by atoms with Gasteiger partial charge in [-0.2, -0.15) is 0 Å². The van der Waals surface area contributed by atoms with Gasteiger partial charge in [0.2, 0.25) is 5.91 Å². The fraction of sp³-hybridized carbons (Fsp3) is 0.529. The van der Waals surface area contributed by atoms with Crippen molar-refractivity contribution in [3.8, 4) is 5.75 Å². The molecule has 132 valence electrons. The molecular weight excluding hydrogens is 310 g/mol. The summed E-state index contributed by atoms with van der Waals surface area (Å²) < 4.78 is 10.3. The fourth-order valence-electron chi connectivity index (χ4n) is 2.60. The maximum absolute atomic E-state index is 12.2. The molecule has 1 aliphatic rings. The highest BCUT2D eigenvalue weighted by molar-refractivity contribution is 5.96. The summed E-state index contributed by atoms with van der Waals surface area (Å²) in [5.41, 5.74) is 0.813. The highest BCUT2D eigenvalue weighted by Crippen LogP contribution is 2.24. The monoisotopic (exact) mass is 335 g/mol. The molecule has 24 heavy (non-hydrogen) atoms. The maximum Gasteiger partial charge on any atom is 0.315 e. The van der Waals surface area contributed by atoms with E-state index in [0.29, 0.717) is 32.7 Å². The standard InChI is InChI=1S/C17H25N3O4/c1-3-24-15-7-5-14(6-8-15)20-12-13(11-16(20)21)19-17(22)18-9-4-10-23-2/h5-8,13H,3-4,9-12H2,1-2H3,(H2,18,19,22)/t13-/m1/s1. The number of ether oxygens (including phenoxy) is 2. The summed E-state index contributed by atoms with van der Waals surface area (Å²) in [7, 11) is 1.62. The van der Waals surface area contributed by atoms with Crippen LogP contribution in [0.15, 0.2) is 24.3 Å². The number of hydrogen-bond donors (Lipinski definition) is 2. The van der Waals surface area contributed by atoms with E-state index in [9.17, 15) is 9.59 Å². The van der Waals surface area contributed by atoms with Gasteiger partial charge in [-0.15, -0.1) is 0 Å². The highest BCUT2D eigenvalue weighted by atomic mass is 16.5. The normalized spacial score (nSPS) is 17.0. The van der Waals surface area contributed by atoms with Gasteiger partial charge in [0.25, 0.3) is 0 Å². The van der Waals surface area contributed by atoms with Crippen molar-refractivity contribution < 1.29 is 19.1 Å². The molecular formula is C17H25N3O4. The molecule has 7 nitrogen and oxygen atoms in total. The number of nitrogens with one attached hydrogen (secondary N) is 2. The van der Waals surface area contributed by atoms with E-state index in [1.807, 2.05) is 31.2 Å². The summed E-state index contributed by atoms with van der Waals surface area (Å²) in [6.45, 7) is 4.15. The van der Waals surface area contributed by atoms with Crippen LogP contribution in [-0.4, -0.2) is 51.4 Å². The Labute approximate surface area is 142 Å². The first kappa shape index (κ1) is 18.1. The molecule has 1 saturated heterocycles. The number of hydrogen-bond acceptors (Lipinski definition) is 4. The minimum atomic E-state index is -0.252. The Morgan fingerprint density at radius 3 is 2.75 bits per heavy atom. The third-order valence-electron chi connectivity index (χ3n) is 3.73. The van der Waals surface area contributed by atoms with Crippen molar-refractivity contribution in [3.05, 3.63) is 24.3 Å². The van der Waals surface area contributed by atoms with E-state index >= 15 is 0 Å². The summed E-state index contributed by atoms with van der Waals surface area (Å²) in [6.07, 6.45) is 1.06. The van der Waals surface area contributed by atoms with Gasteiger partial charge in [-0.3, -0.25) is 4.79 Å². The number of benzene rings is 1. The van der Waals surface area contributed by atoms with E-state index in [0.717, 1.165) is 17.9 Å². The summed E-state index contributed by atoms with van der Waals surface area (Å²) in [5, 5.41) is 5.60. The van der Waals surface area contributed by atoms with Gasteiger partial charge in [0.15, 0.2) is 0 Å². The van der Waals surface area contributed by atoms with Crippen LogP contribution in [0.5, 0.6) is 5.75 Å². The van der Waals surface area contributed by atoms with Crippen molar-refractivity contribution in [1.29, 1.82) is 0 Å². The van der Waals surface area contributed by atoms with Crippen LogP contribution in [-0.2, 0) is 9.53 Å². The molecule has 0 spiro atoms. The largest absolute Gasteiger partial charge is 0.494 e. The molecule has 0 unspecified atom stereocenters. The predicted octanol–water partition coefficient (Wildman–Crippen LogP) is 1.53. The zero-order valence-electron chi connectivity index (χ0n) is 14.2.